The van der Waals surface area contributed by atoms with Crippen LogP contribution in [0.5, 0.6) is 0 Å². The van der Waals surface area contributed by atoms with Crippen LogP contribution in [0.25, 0.3) is 0 Å². The predicted molar refractivity (Wildman–Crippen MR) is 62.2 cm³/mol. The lowest BCUT2D eigenvalue weighted by molar-refractivity contribution is 0.128. The second kappa shape index (κ2) is 4.75. The van der Waals surface area contributed by atoms with Crippen molar-refractivity contribution >= 4 is 0 Å². The summed E-state index contributed by atoms with van der Waals surface area (Å²) in [6.07, 6.45) is 0. The van der Waals surface area contributed by atoms with Gasteiger partial charge in [0.15, 0.2) is 0 Å². The van der Waals surface area contributed by atoms with E-state index in [0.717, 1.165) is 32.7 Å². The third-order valence-corrected chi connectivity index (χ3v) is 2.90. The maximum atomic E-state index is 5.72. The fraction of sp³-hybridized carbons (Fsp3) is 0.500. The van der Waals surface area contributed by atoms with Crippen LogP contribution in [-0.2, 0) is 6.54 Å². The topological polar surface area (TPSA) is 32.5 Å². The average Bonchev–Trinajstić information content (AvgIpc) is 2.22. The molecule has 0 bridgehead atoms. The van der Waals surface area contributed by atoms with Gasteiger partial charge in [0.1, 0.15) is 0 Å². The third kappa shape index (κ3) is 3.02. The first-order valence-electron chi connectivity index (χ1n) is 5.51. The van der Waals surface area contributed by atoms with Crippen molar-refractivity contribution in [1.82, 2.24) is 9.91 Å². The lowest BCUT2D eigenvalue weighted by atomic mass is 10.1. The number of nitrogens with zero attached hydrogens (tertiary/aromatic N) is 2. The van der Waals surface area contributed by atoms with Crippen molar-refractivity contribution in [3.63, 3.8) is 0 Å². The van der Waals surface area contributed by atoms with Crippen molar-refractivity contribution in [1.29, 1.82) is 0 Å². The van der Waals surface area contributed by atoms with Gasteiger partial charge in [0.25, 0.3) is 0 Å². The number of rotatable bonds is 2. The molecule has 1 fully saturated rings. The summed E-state index contributed by atoms with van der Waals surface area (Å²) in [5.41, 5.74) is 2.74. The summed E-state index contributed by atoms with van der Waals surface area (Å²) in [6.45, 7) is 7.29. The van der Waals surface area contributed by atoms with Crippen molar-refractivity contribution in [3.8, 4) is 0 Å². The molecular formula is C12H19N3. The van der Waals surface area contributed by atoms with Gasteiger partial charge in [-0.3, -0.25) is 10.7 Å². The molecule has 0 amide bonds. The van der Waals surface area contributed by atoms with Gasteiger partial charge >= 0.3 is 0 Å². The highest BCUT2D eigenvalue weighted by atomic mass is 15.4. The summed E-state index contributed by atoms with van der Waals surface area (Å²) in [6, 6.07) is 8.72. The molecule has 0 atom stereocenters. The number of nitrogens with two attached hydrogens (primary N) is 1. The minimum atomic E-state index is 0.978. The quantitative estimate of drug-likeness (QED) is 0.731. The molecule has 1 aromatic carbocycles. The Bertz CT molecular complexity index is 316. The third-order valence-electron chi connectivity index (χ3n) is 2.90. The Hall–Kier alpha value is -0.900. The molecule has 2 rings (SSSR count). The van der Waals surface area contributed by atoms with Crippen LogP contribution < -0.4 is 5.84 Å². The van der Waals surface area contributed by atoms with Crippen LogP contribution in [0.4, 0.5) is 0 Å². The first-order chi connectivity index (χ1) is 7.24. The zero-order chi connectivity index (χ0) is 10.7. The fourth-order valence-electron chi connectivity index (χ4n) is 1.99. The molecule has 3 heteroatoms. The van der Waals surface area contributed by atoms with E-state index in [4.69, 9.17) is 5.84 Å². The Labute approximate surface area is 91.4 Å². The molecule has 1 saturated heterocycles. The monoisotopic (exact) mass is 205 g/mol. The molecule has 0 radical (unpaired) electrons. The maximum absolute atomic E-state index is 5.72. The maximum Gasteiger partial charge on any atom is 0.0257 e. The molecule has 15 heavy (non-hydrogen) atoms. The van der Waals surface area contributed by atoms with Crippen LogP contribution in [0.15, 0.2) is 24.3 Å². The van der Waals surface area contributed by atoms with Gasteiger partial charge < -0.3 is 0 Å². The van der Waals surface area contributed by atoms with E-state index in [2.05, 4.69) is 36.1 Å². The van der Waals surface area contributed by atoms with E-state index in [-0.39, 0.29) is 0 Å². The Kier molecular flexibility index (Phi) is 3.36. The first kappa shape index (κ1) is 10.6. The van der Waals surface area contributed by atoms with Gasteiger partial charge in [0, 0.05) is 32.7 Å². The molecule has 0 aromatic heterocycles. The van der Waals surface area contributed by atoms with E-state index in [9.17, 15) is 0 Å². The number of piperazine rings is 1. The molecule has 3 nitrogen and oxygen atoms in total. The van der Waals surface area contributed by atoms with Crippen molar-refractivity contribution in [2.45, 2.75) is 13.5 Å². The van der Waals surface area contributed by atoms with Crippen LogP contribution in [-0.4, -0.2) is 36.1 Å². The van der Waals surface area contributed by atoms with Gasteiger partial charge in [0.2, 0.25) is 0 Å². The SMILES string of the molecule is Cc1cccc(CN2CCN(N)CC2)c1. The molecule has 0 aliphatic carbocycles. The fourth-order valence-corrected chi connectivity index (χ4v) is 1.99. The second-order valence-corrected chi connectivity index (χ2v) is 4.30. The Morgan fingerprint density at radius 3 is 2.60 bits per heavy atom. The molecule has 82 valence electrons. The largest absolute Gasteiger partial charge is 0.296 e. The van der Waals surface area contributed by atoms with Crippen LogP contribution in [0.2, 0.25) is 0 Å². The van der Waals surface area contributed by atoms with Crippen molar-refractivity contribution in [3.05, 3.63) is 35.4 Å². The summed E-state index contributed by atoms with van der Waals surface area (Å²) in [7, 11) is 0. The summed E-state index contributed by atoms with van der Waals surface area (Å²) >= 11 is 0. The Morgan fingerprint density at radius 1 is 1.20 bits per heavy atom. The second-order valence-electron chi connectivity index (χ2n) is 4.30. The summed E-state index contributed by atoms with van der Waals surface area (Å²) in [5, 5.41) is 1.90. The highest BCUT2D eigenvalue weighted by Crippen LogP contribution is 2.09. The molecule has 1 aliphatic heterocycles. The number of aryl methyl sites for hydroxylation is 1. The molecule has 0 saturated carbocycles. The standard InChI is InChI=1S/C12H19N3/c1-11-3-2-4-12(9-11)10-14-5-7-15(13)8-6-14/h2-4,9H,5-8,10,13H2,1H3. The van der Waals surface area contributed by atoms with E-state index in [1.165, 1.54) is 11.1 Å². The summed E-state index contributed by atoms with van der Waals surface area (Å²) < 4.78 is 0. The van der Waals surface area contributed by atoms with E-state index in [0.29, 0.717) is 0 Å². The van der Waals surface area contributed by atoms with Gasteiger partial charge in [0.05, 0.1) is 0 Å². The molecule has 0 unspecified atom stereocenters. The van der Waals surface area contributed by atoms with Gasteiger partial charge in [-0.1, -0.05) is 29.8 Å². The lowest BCUT2D eigenvalue weighted by Crippen LogP contribution is -2.48. The molecule has 0 spiro atoms. The van der Waals surface area contributed by atoms with Crippen LogP contribution in [0, 0.1) is 6.92 Å². The number of hydrogen-bond donors (Lipinski definition) is 1. The summed E-state index contributed by atoms with van der Waals surface area (Å²) in [4.78, 5) is 2.46. The van der Waals surface area contributed by atoms with Crippen LogP contribution in [0.3, 0.4) is 0 Å². The van der Waals surface area contributed by atoms with E-state index >= 15 is 0 Å². The van der Waals surface area contributed by atoms with E-state index in [1.807, 2.05) is 5.01 Å². The van der Waals surface area contributed by atoms with E-state index in [1.54, 1.807) is 0 Å². The van der Waals surface area contributed by atoms with E-state index < -0.39 is 0 Å². The lowest BCUT2D eigenvalue weighted by Gasteiger charge is -2.31. The van der Waals surface area contributed by atoms with Crippen LogP contribution in [0.1, 0.15) is 11.1 Å². The molecule has 1 aliphatic rings. The van der Waals surface area contributed by atoms with Crippen molar-refractivity contribution < 1.29 is 0 Å². The van der Waals surface area contributed by atoms with Gasteiger partial charge in [-0.2, -0.15) is 0 Å². The first-order valence-corrected chi connectivity index (χ1v) is 5.51. The van der Waals surface area contributed by atoms with Crippen molar-refractivity contribution in [2.24, 2.45) is 5.84 Å². The van der Waals surface area contributed by atoms with Gasteiger partial charge in [-0.05, 0) is 12.5 Å². The van der Waals surface area contributed by atoms with Gasteiger partial charge in [-0.25, -0.2) is 5.01 Å². The zero-order valence-electron chi connectivity index (χ0n) is 9.32. The minimum Gasteiger partial charge on any atom is -0.296 e. The average molecular weight is 205 g/mol. The Morgan fingerprint density at radius 2 is 1.93 bits per heavy atom. The predicted octanol–water partition coefficient (Wildman–Crippen LogP) is 0.986. The molecular weight excluding hydrogens is 186 g/mol. The summed E-state index contributed by atoms with van der Waals surface area (Å²) in [5.74, 6) is 5.72. The Balaban J connectivity index is 1.92. The number of hydrazine groups is 1. The molecule has 2 N–H and O–H groups in total. The molecule has 1 heterocycles. The smallest absolute Gasteiger partial charge is 0.0257 e. The number of benzene rings is 1. The van der Waals surface area contributed by atoms with Crippen LogP contribution >= 0.6 is 0 Å². The van der Waals surface area contributed by atoms with Gasteiger partial charge in [-0.15, -0.1) is 0 Å². The zero-order valence-corrected chi connectivity index (χ0v) is 9.32. The van der Waals surface area contributed by atoms with Crippen molar-refractivity contribution in [2.75, 3.05) is 26.2 Å². The highest BCUT2D eigenvalue weighted by molar-refractivity contribution is 5.22. The number of hydrogen-bond acceptors (Lipinski definition) is 3. The normalized spacial score (nSPS) is 19.3. The minimum absolute atomic E-state index is 0.978. The highest BCUT2D eigenvalue weighted by Gasteiger charge is 2.13. The molecule has 1 aromatic rings.